The molecule has 0 spiro atoms. The minimum absolute atomic E-state index is 0.170. The van der Waals surface area contributed by atoms with Crippen LogP contribution in [0.2, 0.25) is 0 Å². The molecule has 3 nitrogen and oxygen atoms in total. The van der Waals surface area contributed by atoms with Gasteiger partial charge < -0.3 is 10.1 Å². The zero-order valence-electron chi connectivity index (χ0n) is 12.2. The molecule has 1 heterocycles. The van der Waals surface area contributed by atoms with E-state index in [1.807, 2.05) is 31.2 Å². The topological polar surface area (TPSA) is 48.4 Å². The van der Waals surface area contributed by atoms with E-state index in [4.69, 9.17) is 0 Å². The first kappa shape index (κ1) is 13.4. The van der Waals surface area contributed by atoms with Crippen molar-refractivity contribution in [3.05, 3.63) is 64.7 Å². The van der Waals surface area contributed by atoms with Crippen LogP contribution in [-0.2, 0) is 6.54 Å². The fraction of sp³-hybridized carbons (Fsp3) is 0.167. The lowest BCUT2D eigenvalue weighted by molar-refractivity contribution is 0.457. The molecule has 0 aliphatic carbocycles. The van der Waals surface area contributed by atoms with Crippen LogP contribution >= 0.6 is 0 Å². The van der Waals surface area contributed by atoms with Crippen LogP contribution in [0.25, 0.3) is 10.9 Å². The van der Waals surface area contributed by atoms with E-state index >= 15 is 0 Å². The first-order valence-corrected chi connectivity index (χ1v) is 7.01. The normalized spacial score (nSPS) is 11.5. The molecule has 21 heavy (non-hydrogen) atoms. The molecule has 3 rings (SSSR count). The van der Waals surface area contributed by atoms with Crippen LogP contribution in [0.15, 0.2) is 47.5 Å². The number of H-pyrrole nitrogens is 1. The molecule has 0 unspecified atom stereocenters. The third kappa shape index (κ3) is 2.68. The van der Waals surface area contributed by atoms with Gasteiger partial charge in [0.25, 0.3) is 0 Å². The molecule has 3 heteroatoms. The highest BCUT2D eigenvalue weighted by atomic mass is 16.3. The van der Waals surface area contributed by atoms with E-state index in [1.165, 1.54) is 11.1 Å². The van der Waals surface area contributed by atoms with Crippen LogP contribution in [0.3, 0.4) is 0 Å². The summed E-state index contributed by atoms with van der Waals surface area (Å²) < 4.78 is 0. The Morgan fingerprint density at radius 2 is 1.95 bits per heavy atom. The third-order valence-corrected chi connectivity index (χ3v) is 3.72. The molecular formula is C18H18N2O. The van der Waals surface area contributed by atoms with Crippen molar-refractivity contribution in [1.29, 1.82) is 0 Å². The first-order valence-electron chi connectivity index (χ1n) is 7.01. The first-order chi connectivity index (χ1) is 10.1. The predicted octanol–water partition coefficient (Wildman–Crippen LogP) is 4.11. The summed E-state index contributed by atoms with van der Waals surface area (Å²) in [4.78, 5) is 7.46. The van der Waals surface area contributed by atoms with Gasteiger partial charge in [0.1, 0.15) is 0 Å². The number of aromatic hydroxyl groups is 1. The van der Waals surface area contributed by atoms with Gasteiger partial charge in [0, 0.05) is 17.1 Å². The van der Waals surface area contributed by atoms with Gasteiger partial charge in [-0.25, -0.2) is 0 Å². The average Bonchev–Trinajstić information content (AvgIpc) is 2.77. The van der Waals surface area contributed by atoms with Crippen LogP contribution in [0, 0.1) is 13.8 Å². The highest BCUT2D eigenvalue weighted by Crippen LogP contribution is 2.26. The zero-order valence-corrected chi connectivity index (χ0v) is 12.2. The second-order valence-electron chi connectivity index (χ2n) is 5.33. The molecule has 0 aliphatic heterocycles. The van der Waals surface area contributed by atoms with Gasteiger partial charge in [-0.3, -0.25) is 4.99 Å². The maximum Gasteiger partial charge on any atom is 0.198 e. The summed E-state index contributed by atoms with van der Waals surface area (Å²) in [6, 6.07) is 14.3. The smallest absolute Gasteiger partial charge is 0.198 e. The van der Waals surface area contributed by atoms with E-state index in [-0.39, 0.29) is 5.88 Å². The SMILES string of the molecule is Cc1ccc2[nH]c(O)c(C=NCc3ccccc3C)c2c1. The number of nitrogens with zero attached hydrogens (tertiary/aromatic N) is 1. The number of hydrogen-bond donors (Lipinski definition) is 2. The molecule has 2 aromatic carbocycles. The predicted molar refractivity (Wildman–Crippen MR) is 87.2 cm³/mol. The number of hydrogen-bond acceptors (Lipinski definition) is 2. The summed E-state index contributed by atoms with van der Waals surface area (Å²) in [5, 5.41) is 11.0. The largest absolute Gasteiger partial charge is 0.494 e. The minimum Gasteiger partial charge on any atom is -0.494 e. The van der Waals surface area contributed by atoms with Gasteiger partial charge in [-0.1, -0.05) is 35.9 Å². The van der Waals surface area contributed by atoms with Crippen molar-refractivity contribution < 1.29 is 5.11 Å². The summed E-state index contributed by atoms with van der Waals surface area (Å²) in [5.74, 6) is 0.170. The maximum atomic E-state index is 10.0. The number of nitrogens with one attached hydrogen (secondary N) is 1. The van der Waals surface area contributed by atoms with Crippen molar-refractivity contribution in [2.24, 2.45) is 4.99 Å². The lowest BCUT2D eigenvalue weighted by atomic mass is 10.1. The Labute approximate surface area is 124 Å². The van der Waals surface area contributed by atoms with Gasteiger partial charge in [-0.15, -0.1) is 0 Å². The minimum atomic E-state index is 0.170. The second kappa shape index (κ2) is 5.44. The number of aromatic nitrogens is 1. The monoisotopic (exact) mass is 278 g/mol. The van der Waals surface area contributed by atoms with Crippen molar-refractivity contribution in [1.82, 2.24) is 4.98 Å². The molecule has 106 valence electrons. The molecule has 0 bridgehead atoms. The Hall–Kier alpha value is -2.55. The van der Waals surface area contributed by atoms with Crippen molar-refractivity contribution in [2.75, 3.05) is 0 Å². The summed E-state index contributed by atoms with van der Waals surface area (Å²) in [6.07, 6.45) is 1.75. The number of fused-ring (bicyclic) bond motifs is 1. The van der Waals surface area contributed by atoms with Gasteiger partial charge >= 0.3 is 0 Å². The number of rotatable bonds is 3. The Balaban J connectivity index is 1.91. The summed E-state index contributed by atoms with van der Waals surface area (Å²) in [5.41, 5.74) is 5.27. The van der Waals surface area contributed by atoms with E-state index in [0.29, 0.717) is 6.54 Å². The molecule has 0 amide bonds. The van der Waals surface area contributed by atoms with Gasteiger partial charge in [0.15, 0.2) is 5.88 Å². The van der Waals surface area contributed by atoms with Gasteiger partial charge in [0.05, 0.1) is 12.1 Å². The molecule has 0 radical (unpaired) electrons. The Bertz CT molecular complexity index is 815. The fourth-order valence-electron chi connectivity index (χ4n) is 2.47. The number of aryl methyl sites for hydroxylation is 2. The molecule has 2 N–H and O–H groups in total. The molecule has 0 saturated carbocycles. The number of aromatic amines is 1. The van der Waals surface area contributed by atoms with Crippen molar-refractivity contribution in [3.63, 3.8) is 0 Å². The van der Waals surface area contributed by atoms with Crippen molar-refractivity contribution >= 4 is 17.1 Å². The number of aliphatic imine (C=N–C) groups is 1. The van der Waals surface area contributed by atoms with E-state index in [2.05, 4.69) is 35.1 Å². The third-order valence-electron chi connectivity index (χ3n) is 3.72. The van der Waals surface area contributed by atoms with Crippen molar-refractivity contribution in [3.8, 4) is 5.88 Å². The van der Waals surface area contributed by atoms with E-state index in [1.54, 1.807) is 6.21 Å². The molecule has 0 saturated heterocycles. The quantitative estimate of drug-likeness (QED) is 0.696. The lowest BCUT2D eigenvalue weighted by Crippen LogP contribution is -1.87. The standard InChI is InChI=1S/C18H18N2O/c1-12-7-8-17-15(9-12)16(18(21)20-17)11-19-10-14-6-4-3-5-13(14)2/h3-9,11,20-21H,10H2,1-2H3. The fourth-order valence-corrected chi connectivity index (χ4v) is 2.47. The van der Waals surface area contributed by atoms with Crippen LogP contribution < -0.4 is 0 Å². The lowest BCUT2D eigenvalue weighted by Gasteiger charge is -2.01. The summed E-state index contributed by atoms with van der Waals surface area (Å²) in [7, 11) is 0. The Morgan fingerprint density at radius 3 is 2.76 bits per heavy atom. The molecule has 3 aromatic rings. The average molecular weight is 278 g/mol. The van der Waals surface area contributed by atoms with Crippen LogP contribution in [0.1, 0.15) is 22.3 Å². The zero-order chi connectivity index (χ0) is 14.8. The molecule has 0 fully saturated rings. The molecule has 0 aliphatic rings. The summed E-state index contributed by atoms with van der Waals surface area (Å²) >= 11 is 0. The van der Waals surface area contributed by atoms with Gasteiger partial charge in [0.2, 0.25) is 0 Å². The van der Waals surface area contributed by atoms with Crippen LogP contribution in [0.4, 0.5) is 0 Å². The van der Waals surface area contributed by atoms with Crippen LogP contribution in [0.5, 0.6) is 5.88 Å². The van der Waals surface area contributed by atoms with Crippen LogP contribution in [-0.4, -0.2) is 16.3 Å². The molecular weight excluding hydrogens is 260 g/mol. The molecule has 0 atom stereocenters. The maximum absolute atomic E-state index is 10.0. The highest BCUT2D eigenvalue weighted by Gasteiger charge is 2.08. The van der Waals surface area contributed by atoms with Gasteiger partial charge in [-0.05, 0) is 37.1 Å². The Morgan fingerprint density at radius 1 is 1.14 bits per heavy atom. The highest BCUT2D eigenvalue weighted by molar-refractivity contribution is 6.02. The number of benzene rings is 2. The van der Waals surface area contributed by atoms with E-state index in [9.17, 15) is 5.11 Å². The van der Waals surface area contributed by atoms with E-state index in [0.717, 1.165) is 22.0 Å². The van der Waals surface area contributed by atoms with E-state index < -0.39 is 0 Å². The Kier molecular flexibility index (Phi) is 3.48. The molecule has 1 aromatic heterocycles. The summed E-state index contributed by atoms with van der Waals surface area (Å²) in [6.45, 7) is 4.74. The van der Waals surface area contributed by atoms with Gasteiger partial charge in [-0.2, -0.15) is 0 Å². The second-order valence-corrected chi connectivity index (χ2v) is 5.33. The van der Waals surface area contributed by atoms with Crippen molar-refractivity contribution in [2.45, 2.75) is 20.4 Å².